The number of rotatable bonds is 4. The molecule has 1 fully saturated rings. The maximum atomic E-state index is 4.71. The summed E-state index contributed by atoms with van der Waals surface area (Å²) in [7, 11) is 0. The summed E-state index contributed by atoms with van der Waals surface area (Å²) >= 11 is 3.43. The van der Waals surface area contributed by atoms with E-state index in [4.69, 9.17) is 4.98 Å². The van der Waals surface area contributed by atoms with Crippen molar-refractivity contribution in [1.29, 1.82) is 0 Å². The van der Waals surface area contributed by atoms with E-state index in [0.717, 1.165) is 41.3 Å². The second-order valence-electron chi connectivity index (χ2n) is 4.67. The van der Waals surface area contributed by atoms with E-state index in [1.807, 2.05) is 0 Å². The molecule has 0 spiro atoms. The van der Waals surface area contributed by atoms with Crippen molar-refractivity contribution in [3.63, 3.8) is 0 Å². The van der Waals surface area contributed by atoms with Gasteiger partial charge in [-0.15, -0.1) is 11.3 Å². The molecule has 1 aliphatic heterocycles. The fourth-order valence-electron chi connectivity index (χ4n) is 2.27. The van der Waals surface area contributed by atoms with Gasteiger partial charge in [0.05, 0.1) is 16.3 Å². The van der Waals surface area contributed by atoms with E-state index in [1.54, 1.807) is 22.7 Å². The highest BCUT2D eigenvalue weighted by Crippen LogP contribution is 2.36. The first-order chi connectivity index (χ1) is 9.28. The molecule has 0 aromatic carbocycles. The van der Waals surface area contributed by atoms with Crippen LogP contribution in [0.1, 0.15) is 25.5 Å². The minimum Gasteiger partial charge on any atom is -0.362 e. The molecule has 0 saturated carbocycles. The zero-order valence-electron chi connectivity index (χ0n) is 11.3. The Kier molecular flexibility index (Phi) is 3.70. The van der Waals surface area contributed by atoms with Gasteiger partial charge in [-0.1, -0.05) is 11.3 Å². The van der Waals surface area contributed by atoms with Crippen LogP contribution in [0.5, 0.6) is 0 Å². The Morgan fingerprint density at radius 1 is 1.32 bits per heavy atom. The molecule has 4 nitrogen and oxygen atoms in total. The Morgan fingerprint density at radius 2 is 2.11 bits per heavy atom. The van der Waals surface area contributed by atoms with Crippen LogP contribution in [0.25, 0.3) is 10.6 Å². The van der Waals surface area contributed by atoms with Gasteiger partial charge in [-0.2, -0.15) is 0 Å². The Balaban J connectivity index is 1.86. The van der Waals surface area contributed by atoms with Crippen LogP contribution in [-0.2, 0) is 0 Å². The van der Waals surface area contributed by atoms with E-state index in [1.165, 1.54) is 17.7 Å². The highest BCUT2D eigenvalue weighted by molar-refractivity contribution is 7.19. The van der Waals surface area contributed by atoms with Gasteiger partial charge in [0.2, 0.25) is 0 Å². The average molecular weight is 294 g/mol. The lowest BCUT2D eigenvalue weighted by Crippen LogP contribution is -2.17. The molecule has 3 rings (SSSR count). The van der Waals surface area contributed by atoms with Crippen molar-refractivity contribution < 1.29 is 0 Å². The van der Waals surface area contributed by atoms with Crippen molar-refractivity contribution in [2.45, 2.75) is 26.7 Å². The van der Waals surface area contributed by atoms with Crippen LogP contribution in [0, 0.1) is 6.92 Å². The molecule has 6 heteroatoms. The molecule has 19 heavy (non-hydrogen) atoms. The van der Waals surface area contributed by atoms with Gasteiger partial charge in [0.15, 0.2) is 10.3 Å². The maximum Gasteiger partial charge on any atom is 0.186 e. The zero-order chi connectivity index (χ0) is 13.2. The first-order valence-corrected chi connectivity index (χ1v) is 8.39. The average Bonchev–Trinajstić information content (AvgIpc) is 3.08. The number of aromatic nitrogens is 2. The summed E-state index contributed by atoms with van der Waals surface area (Å²) in [6, 6.07) is 0. The smallest absolute Gasteiger partial charge is 0.186 e. The van der Waals surface area contributed by atoms with E-state index in [9.17, 15) is 0 Å². The van der Waals surface area contributed by atoms with Crippen LogP contribution < -0.4 is 10.2 Å². The third-order valence-electron chi connectivity index (χ3n) is 3.23. The number of nitrogens with zero attached hydrogens (tertiary/aromatic N) is 3. The van der Waals surface area contributed by atoms with Crippen molar-refractivity contribution in [1.82, 2.24) is 9.97 Å². The fraction of sp³-hybridized carbons (Fsp3) is 0.538. The van der Waals surface area contributed by atoms with Crippen LogP contribution in [0.3, 0.4) is 0 Å². The molecule has 1 aliphatic rings. The van der Waals surface area contributed by atoms with E-state index in [2.05, 4.69) is 34.4 Å². The molecule has 0 bridgehead atoms. The van der Waals surface area contributed by atoms with Crippen molar-refractivity contribution in [2.75, 3.05) is 29.9 Å². The highest BCUT2D eigenvalue weighted by atomic mass is 32.1. The van der Waals surface area contributed by atoms with Gasteiger partial charge < -0.3 is 10.2 Å². The van der Waals surface area contributed by atoms with E-state index in [0.29, 0.717) is 0 Å². The highest BCUT2D eigenvalue weighted by Gasteiger charge is 2.19. The largest absolute Gasteiger partial charge is 0.362 e. The standard InChI is InChI=1S/C13H18N4S2/c1-3-14-12-16-10(8-18-12)11-9(2)15-13(19-11)17-6-4-5-7-17/h8H,3-7H2,1-2H3,(H,14,16). The molecule has 1 saturated heterocycles. The molecular weight excluding hydrogens is 276 g/mol. The molecule has 2 aromatic heterocycles. The number of nitrogens with one attached hydrogen (secondary N) is 1. The van der Waals surface area contributed by atoms with Crippen LogP contribution in [0.2, 0.25) is 0 Å². The van der Waals surface area contributed by atoms with Crippen molar-refractivity contribution in [2.24, 2.45) is 0 Å². The molecule has 0 radical (unpaired) electrons. The summed E-state index contributed by atoms with van der Waals surface area (Å²) in [6.45, 7) is 7.37. The Labute approximate surface area is 121 Å². The molecule has 3 heterocycles. The molecule has 102 valence electrons. The van der Waals surface area contributed by atoms with Gasteiger partial charge in [0.25, 0.3) is 0 Å². The topological polar surface area (TPSA) is 41.1 Å². The number of thiazole rings is 2. The van der Waals surface area contributed by atoms with Crippen LogP contribution >= 0.6 is 22.7 Å². The van der Waals surface area contributed by atoms with E-state index < -0.39 is 0 Å². The van der Waals surface area contributed by atoms with Gasteiger partial charge in [0, 0.05) is 25.0 Å². The molecule has 0 atom stereocenters. The first kappa shape index (κ1) is 12.9. The van der Waals surface area contributed by atoms with Gasteiger partial charge >= 0.3 is 0 Å². The third kappa shape index (κ3) is 2.60. The molecular formula is C13H18N4S2. The third-order valence-corrected chi connectivity index (χ3v) is 5.27. The Hall–Kier alpha value is -1.14. The molecule has 2 aromatic rings. The SMILES string of the molecule is CCNc1nc(-c2sc(N3CCCC3)nc2C)cs1. The zero-order valence-corrected chi connectivity index (χ0v) is 12.9. The van der Waals surface area contributed by atoms with Crippen LogP contribution in [0.15, 0.2) is 5.38 Å². The summed E-state index contributed by atoms with van der Waals surface area (Å²) in [4.78, 5) is 12.9. The summed E-state index contributed by atoms with van der Waals surface area (Å²) in [6.07, 6.45) is 2.57. The lowest BCUT2D eigenvalue weighted by molar-refractivity contribution is 0.949. The molecule has 1 N–H and O–H groups in total. The fourth-order valence-corrected chi connectivity index (χ4v) is 4.20. The number of aryl methyl sites for hydroxylation is 1. The van der Waals surface area contributed by atoms with Crippen molar-refractivity contribution in [3.05, 3.63) is 11.1 Å². The number of hydrogen-bond acceptors (Lipinski definition) is 6. The maximum absolute atomic E-state index is 4.71. The monoisotopic (exact) mass is 294 g/mol. The van der Waals surface area contributed by atoms with E-state index in [-0.39, 0.29) is 0 Å². The summed E-state index contributed by atoms with van der Waals surface area (Å²) in [5.74, 6) is 0. The Bertz CT molecular complexity index is 555. The predicted octanol–water partition coefficient (Wildman–Crippen LogP) is 3.61. The summed E-state index contributed by atoms with van der Waals surface area (Å²) in [5, 5.41) is 7.53. The molecule has 0 amide bonds. The van der Waals surface area contributed by atoms with Crippen molar-refractivity contribution in [3.8, 4) is 10.6 Å². The normalized spacial score (nSPS) is 15.2. The minimum atomic E-state index is 0.910. The minimum absolute atomic E-state index is 0.910. The number of anilines is 2. The second-order valence-corrected chi connectivity index (χ2v) is 6.51. The number of hydrogen-bond donors (Lipinski definition) is 1. The summed E-state index contributed by atoms with van der Waals surface area (Å²) < 4.78 is 0. The Morgan fingerprint density at radius 3 is 2.84 bits per heavy atom. The summed E-state index contributed by atoms with van der Waals surface area (Å²) in [5.41, 5.74) is 2.15. The van der Waals surface area contributed by atoms with Crippen LogP contribution in [-0.4, -0.2) is 29.6 Å². The second kappa shape index (κ2) is 5.46. The lowest BCUT2D eigenvalue weighted by atomic mass is 10.3. The quantitative estimate of drug-likeness (QED) is 0.935. The first-order valence-electron chi connectivity index (χ1n) is 6.70. The van der Waals surface area contributed by atoms with Crippen LogP contribution in [0.4, 0.5) is 10.3 Å². The van der Waals surface area contributed by atoms with Gasteiger partial charge in [0.1, 0.15) is 0 Å². The van der Waals surface area contributed by atoms with Gasteiger partial charge in [-0.25, -0.2) is 9.97 Å². The van der Waals surface area contributed by atoms with Crippen molar-refractivity contribution >= 4 is 32.9 Å². The van der Waals surface area contributed by atoms with E-state index >= 15 is 0 Å². The predicted molar refractivity (Wildman–Crippen MR) is 83.6 cm³/mol. The molecule has 0 unspecified atom stereocenters. The van der Waals surface area contributed by atoms with Gasteiger partial charge in [-0.05, 0) is 26.7 Å². The lowest BCUT2D eigenvalue weighted by Gasteiger charge is -2.11. The molecule has 0 aliphatic carbocycles. The van der Waals surface area contributed by atoms with Gasteiger partial charge in [-0.3, -0.25) is 0 Å².